The summed E-state index contributed by atoms with van der Waals surface area (Å²) in [7, 11) is 0. The van der Waals surface area contributed by atoms with E-state index in [1.807, 2.05) is 31.2 Å². The number of aliphatic imine (C=N–C) groups is 1. The minimum atomic E-state index is -0.753. The number of nitrogens with one attached hydrogen (secondary N) is 1. The van der Waals surface area contributed by atoms with Crippen LogP contribution in [0, 0.1) is 6.92 Å². The third kappa shape index (κ3) is 2.01. The van der Waals surface area contributed by atoms with Crippen LogP contribution in [0.1, 0.15) is 23.5 Å². The van der Waals surface area contributed by atoms with E-state index in [9.17, 15) is 9.59 Å². The van der Waals surface area contributed by atoms with Gasteiger partial charge in [0.15, 0.2) is 0 Å². The molecule has 1 aromatic carbocycles. The first kappa shape index (κ1) is 11.9. The molecule has 2 heterocycles. The van der Waals surface area contributed by atoms with Gasteiger partial charge in [-0.2, -0.15) is 0 Å². The topological polar surface area (TPSA) is 61.8 Å². The molecule has 3 rings (SSSR count). The number of amides is 2. The maximum absolute atomic E-state index is 12.5. The molecule has 0 aromatic heterocycles. The lowest BCUT2D eigenvalue weighted by atomic mass is 9.93. The molecule has 1 atom stereocenters. The van der Waals surface area contributed by atoms with Gasteiger partial charge in [-0.15, -0.1) is 0 Å². The molecule has 1 N–H and O–H groups in total. The third-order valence-corrected chi connectivity index (χ3v) is 3.44. The van der Waals surface area contributed by atoms with Gasteiger partial charge < -0.3 is 0 Å². The average Bonchev–Trinajstić information content (AvgIpc) is 2.39. The van der Waals surface area contributed by atoms with Crippen molar-refractivity contribution in [1.82, 2.24) is 10.2 Å². The highest BCUT2D eigenvalue weighted by molar-refractivity contribution is 6.20. The highest BCUT2D eigenvalue weighted by Gasteiger charge is 2.40. The summed E-state index contributed by atoms with van der Waals surface area (Å²) in [5, 5.41) is 2.73. The first-order valence-electron chi connectivity index (χ1n) is 6.40. The van der Waals surface area contributed by atoms with Gasteiger partial charge in [-0.3, -0.25) is 24.8 Å². The Morgan fingerprint density at radius 1 is 1.37 bits per heavy atom. The summed E-state index contributed by atoms with van der Waals surface area (Å²) in [6.45, 7) is 3.23. The molecule has 0 aliphatic carbocycles. The summed E-state index contributed by atoms with van der Waals surface area (Å²) in [6, 6.07) is 7.52. The zero-order valence-electron chi connectivity index (χ0n) is 10.7. The maximum Gasteiger partial charge on any atom is 0.246 e. The molecule has 1 saturated heterocycles. The van der Waals surface area contributed by atoms with Gasteiger partial charge in [-0.25, -0.2) is 0 Å². The molecule has 1 aromatic rings. The SMILES string of the molecule is Cc1cccc(C2C(=O)NC3=NCCCN3C2=O)c1. The smallest absolute Gasteiger partial charge is 0.246 e. The van der Waals surface area contributed by atoms with E-state index in [0.29, 0.717) is 19.0 Å². The summed E-state index contributed by atoms with van der Waals surface area (Å²) in [6.07, 6.45) is 0.839. The van der Waals surface area contributed by atoms with Crippen molar-refractivity contribution < 1.29 is 9.59 Å². The summed E-state index contributed by atoms with van der Waals surface area (Å²) in [5.41, 5.74) is 1.78. The van der Waals surface area contributed by atoms with Crippen LogP contribution in [0.15, 0.2) is 29.3 Å². The first-order chi connectivity index (χ1) is 9.16. The average molecular weight is 257 g/mol. The van der Waals surface area contributed by atoms with Crippen molar-refractivity contribution >= 4 is 17.8 Å². The molecule has 2 amide bonds. The molecule has 0 spiro atoms. The Labute approximate surface area is 111 Å². The van der Waals surface area contributed by atoms with Crippen molar-refractivity contribution in [3.63, 3.8) is 0 Å². The van der Waals surface area contributed by atoms with Crippen LogP contribution in [-0.4, -0.2) is 35.8 Å². The van der Waals surface area contributed by atoms with E-state index in [4.69, 9.17) is 0 Å². The number of hydrogen-bond acceptors (Lipinski definition) is 3. The molecule has 19 heavy (non-hydrogen) atoms. The highest BCUT2D eigenvalue weighted by Crippen LogP contribution is 2.24. The van der Waals surface area contributed by atoms with Crippen LogP contribution in [0.5, 0.6) is 0 Å². The lowest BCUT2D eigenvalue weighted by Gasteiger charge is -2.35. The van der Waals surface area contributed by atoms with E-state index in [1.165, 1.54) is 0 Å². The van der Waals surface area contributed by atoms with Crippen molar-refractivity contribution in [1.29, 1.82) is 0 Å². The summed E-state index contributed by atoms with van der Waals surface area (Å²) >= 11 is 0. The number of carbonyl (C=O) groups is 2. The predicted octanol–water partition coefficient (Wildman–Crippen LogP) is 0.797. The predicted molar refractivity (Wildman–Crippen MR) is 70.7 cm³/mol. The lowest BCUT2D eigenvalue weighted by molar-refractivity contribution is -0.137. The molecule has 2 aliphatic rings. The van der Waals surface area contributed by atoms with Gasteiger partial charge in [-0.05, 0) is 18.9 Å². The Morgan fingerprint density at radius 3 is 3.00 bits per heavy atom. The van der Waals surface area contributed by atoms with Crippen molar-refractivity contribution in [2.45, 2.75) is 19.3 Å². The van der Waals surface area contributed by atoms with Crippen molar-refractivity contribution in [2.75, 3.05) is 13.1 Å². The van der Waals surface area contributed by atoms with Crippen LogP contribution >= 0.6 is 0 Å². The number of guanidine groups is 1. The Balaban J connectivity index is 1.98. The van der Waals surface area contributed by atoms with Crippen LogP contribution in [0.2, 0.25) is 0 Å². The molecule has 0 radical (unpaired) electrons. The monoisotopic (exact) mass is 257 g/mol. The quantitative estimate of drug-likeness (QED) is 0.756. The molecule has 5 nitrogen and oxygen atoms in total. The number of fused-ring (bicyclic) bond motifs is 1. The van der Waals surface area contributed by atoms with Gasteiger partial charge in [0, 0.05) is 13.1 Å². The molecule has 1 fully saturated rings. The fourth-order valence-corrected chi connectivity index (χ4v) is 2.52. The van der Waals surface area contributed by atoms with E-state index in [2.05, 4.69) is 10.3 Å². The molecule has 2 aliphatic heterocycles. The van der Waals surface area contributed by atoms with Crippen LogP contribution in [0.4, 0.5) is 0 Å². The second-order valence-corrected chi connectivity index (χ2v) is 4.89. The Hall–Kier alpha value is -2.17. The second-order valence-electron chi connectivity index (χ2n) is 4.89. The molecule has 0 bridgehead atoms. The highest BCUT2D eigenvalue weighted by atomic mass is 16.2. The first-order valence-corrected chi connectivity index (χ1v) is 6.40. The standard InChI is InChI=1S/C14H15N3O2/c1-9-4-2-5-10(8-9)11-12(18)16-14-15-6-3-7-17(14)13(11)19/h2,4-5,8,11H,3,6-7H2,1H3,(H,15,16,18). The Kier molecular flexibility index (Phi) is 2.81. The number of benzene rings is 1. The van der Waals surface area contributed by atoms with Gasteiger partial charge in [0.25, 0.3) is 0 Å². The van der Waals surface area contributed by atoms with Crippen LogP contribution in [0.25, 0.3) is 0 Å². The summed E-state index contributed by atoms with van der Waals surface area (Å²) < 4.78 is 0. The molecular formula is C14H15N3O2. The lowest BCUT2D eigenvalue weighted by Crippen LogP contribution is -2.59. The molecular weight excluding hydrogens is 242 g/mol. The van der Waals surface area contributed by atoms with E-state index >= 15 is 0 Å². The minimum absolute atomic E-state index is 0.173. The van der Waals surface area contributed by atoms with E-state index < -0.39 is 5.92 Å². The van der Waals surface area contributed by atoms with E-state index in [1.54, 1.807) is 4.90 Å². The fraction of sp³-hybridized carbons (Fsp3) is 0.357. The zero-order chi connectivity index (χ0) is 13.4. The number of nitrogens with zero attached hydrogens (tertiary/aromatic N) is 2. The normalized spacial score (nSPS) is 22.7. The zero-order valence-corrected chi connectivity index (χ0v) is 10.7. The van der Waals surface area contributed by atoms with Crippen molar-refractivity contribution in [3.8, 4) is 0 Å². The van der Waals surface area contributed by atoms with E-state index in [0.717, 1.165) is 17.5 Å². The summed E-state index contributed by atoms with van der Waals surface area (Å²) in [4.78, 5) is 30.4. The third-order valence-electron chi connectivity index (χ3n) is 3.44. The minimum Gasteiger partial charge on any atom is -0.295 e. The maximum atomic E-state index is 12.5. The summed E-state index contributed by atoms with van der Waals surface area (Å²) in [5.74, 6) is -0.803. The van der Waals surface area contributed by atoms with Crippen LogP contribution < -0.4 is 5.32 Å². The number of aryl methyl sites for hydroxylation is 1. The van der Waals surface area contributed by atoms with Gasteiger partial charge in [0.1, 0.15) is 5.92 Å². The number of hydrogen-bond donors (Lipinski definition) is 1. The number of rotatable bonds is 1. The molecule has 98 valence electrons. The van der Waals surface area contributed by atoms with Gasteiger partial charge in [-0.1, -0.05) is 29.8 Å². The van der Waals surface area contributed by atoms with Gasteiger partial charge in [0.05, 0.1) is 0 Å². The Bertz CT molecular complexity index is 580. The van der Waals surface area contributed by atoms with E-state index in [-0.39, 0.29) is 11.8 Å². The second kappa shape index (κ2) is 4.50. The van der Waals surface area contributed by atoms with Crippen molar-refractivity contribution in [2.24, 2.45) is 4.99 Å². The van der Waals surface area contributed by atoms with Crippen molar-refractivity contribution in [3.05, 3.63) is 35.4 Å². The largest absolute Gasteiger partial charge is 0.295 e. The fourth-order valence-electron chi connectivity index (χ4n) is 2.52. The molecule has 5 heteroatoms. The molecule has 1 unspecified atom stereocenters. The van der Waals surface area contributed by atoms with Gasteiger partial charge >= 0.3 is 0 Å². The number of carbonyl (C=O) groups excluding carboxylic acids is 2. The van der Waals surface area contributed by atoms with Gasteiger partial charge in [0.2, 0.25) is 17.8 Å². The molecule has 0 saturated carbocycles. The van der Waals surface area contributed by atoms with Crippen LogP contribution in [0.3, 0.4) is 0 Å². The van der Waals surface area contributed by atoms with Crippen LogP contribution in [-0.2, 0) is 9.59 Å². The Morgan fingerprint density at radius 2 is 2.21 bits per heavy atom.